The molecule has 1 aliphatic heterocycles. The lowest BCUT2D eigenvalue weighted by molar-refractivity contribution is 0.101. The fourth-order valence-corrected chi connectivity index (χ4v) is 4.06. The first-order valence-electron chi connectivity index (χ1n) is 10.6. The molecule has 3 rings (SSSR count). The number of rotatable bonds is 8. The molecule has 0 aromatic heterocycles. The molecule has 2 aromatic carbocycles. The highest BCUT2D eigenvalue weighted by Crippen LogP contribution is 2.27. The fourth-order valence-electron chi connectivity index (χ4n) is 4.06. The van der Waals surface area contributed by atoms with Gasteiger partial charge in [-0.2, -0.15) is 0 Å². The molecule has 2 amide bonds. The lowest BCUT2D eigenvalue weighted by Crippen LogP contribution is -2.38. The highest BCUT2D eigenvalue weighted by molar-refractivity contribution is 5.96. The Morgan fingerprint density at radius 1 is 1.13 bits per heavy atom. The zero-order valence-electron chi connectivity index (χ0n) is 17.4. The predicted molar refractivity (Wildman–Crippen MR) is 117 cm³/mol. The number of urea groups is 1. The van der Waals surface area contributed by atoms with Crippen LogP contribution in [0.1, 0.15) is 42.1 Å². The normalized spacial score (nSPS) is 18.6. The van der Waals surface area contributed by atoms with Crippen molar-refractivity contribution >= 4 is 17.5 Å². The molecule has 1 aliphatic rings. The molecule has 0 aliphatic carbocycles. The Morgan fingerprint density at radius 3 is 2.70 bits per heavy atom. The summed E-state index contributed by atoms with van der Waals surface area (Å²) in [5.74, 6) is 0.883. The van der Waals surface area contributed by atoms with E-state index in [-0.39, 0.29) is 17.6 Å². The number of hydrogen-bond acceptors (Lipinski definition) is 3. The van der Waals surface area contributed by atoms with E-state index in [0.717, 1.165) is 38.8 Å². The van der Waals surface area contributed by atoms with E-state index < -0.39 is 0 Å². The first-order valence-corrected chi connectivity index (χ1v) is 10.6. The number of ketones is 1. The van der Waals surface area contributed by atoms with Crippen molar-refractivity contribution in [3.05, 3.63) is 65.5 Å². The number of benzene rings is 2. The second-order valence-electron chi connectivity index (χ2n) is 8.00. The molecule has 30 heavy (non-hydrogen) atoms. The standard InChI is InChI=1S/C24H30FN3O2/c1-17(29)19-4-2-6-23(15-19)28-24(30)27-12-3-5-21-16-26-13-11-20(21)14-18-7-9-22(25)10-8-18/h2,4,6-10,15,20-21,26H,3,5,11-14,16H2,1H3,(H2,27,28,30)/t20-,21?/m0/s1. The summed E-state index contributed by atoms with van der Waals surface area (Å²) < 4.78 is 13.1. The van der Waals surface area contributed by atoms with Crippen LogP contribution in [-0.4, -0.2) is 31.4 Å². The summed E-state index contributed by atoms with van der Waals surface area (Å²) >= 11 is 0. The molecule has 5 nitrogen and oxygen atoms in total. The van der Waals surface area contributed by atoms with Gasteiger partial charge in [-0.15, -0.1) is 0 Å². The summed E-state index contributed by atoms with van der Waals surface area (Å²) in [5, 5.41) is 9.14. The second-order valence-corrected chi connectivity index (χ2v) is 8.00. The van der Waals surface area contributed by atoms with Gasteiger partial charge in [0.1, 0.15) is 5.82 Å². The monoisotopic (exact) mass is 411 g/mol. The molecule has 3 N–H and O–H groups in total. The van der Waals surface area contributed by atoms with Crippen LogP contribution in [-0.2, 0) is 6.42 Å². The Labute approximate surface area is 177 Å². The van der Waals surface area contributed by atoms with Gasteiger partial charge >= 0.3 is 6.03 Å². The second kappa shape index (κ2) is 10.9. The van der Waals surface area contributed by atoms with Crippen LogP contribution in [0.3, 0.4) is 0 Å². The van der Waals surface area contributed by atoms with Crippen molar-refractivity contribution in [2.45, 2.75) is 32.6 Å². The maximum absolute atomic E-state index is 13.1. The molecular weight excluding hydrogens is 381 g/mol. The lowest BCUT2D eigenvalue weighted by atomic mass is 9.79. The number of amides is 2. The number of carbonyl (C=O) groups excluding carboxylic acids is 2. The van der Waals surface area contributed by atoms with E-state index in [0.29, 0.717) is 29.6 Å². The van der Waals surface area contributed by atoms with Crippen molar-refractivity contribution in [1.29, 1.82) is 0 Å². The summed E-state index contributed by atoms with van der Waals surface area (Å²) in [6.07, 6.45) is 4.00. The van der Waals surface area contributed by atoms with Gasteiger partial charge in [0.25, 0.3) is 0 Å². The number of halogens is 1. The minimum absolute atomic E-state index is 0.0321. The summed E-state index contributed by atoms with van der Waals surface area (Å²) in [6.45, 7) is 4.10. The van der Waals surface area contributed by atoms with Crippen LogP contribution in [0.25, 0.3) is 0 Å². The molecule has 160 valence electrons. The molecule has 2 atom stereocenters. The van der Waals surface area contributed by atoms with Crippen molar-refractivity contribution in [3.8, 4) is 0 Å². The van der Waals surface area contributed by atoms with Crippen LogP contribution in [0.4, 0.5) is 14.9 Å². The van der Waals surface area contributed by atoms with Crippen LogP contribution in [0, 0.1) is 17.7 Å². The summed E-state index contributed by atoms with van der Waals surface area (Å²) in [4.78, 5) is 23.6. The number of nitrogens with one attached hydrogen (secondary N) is 3. The highest BCUT2D eigenvalue weighted by atomic mass is 19.1. The predicted octanol–water partition coefficient (Wildman–Crippen LogP) is 4.40. The topological polar surface area (TPSA) is 70.2 Å². The van der Waals surface area contributed by atoms with Gasteiger partial charge in [0.05, 0.1) is 0 Å². The molecule has 0 spiro atoms. The molecule has 2 aromatic rings. The zero-order chi connectivity index (χ0) is 21.3. The third kappa shape index (κ3) is 6.66. The Hall–Kier alpha value is -2.73. The van der Waals surface area contributed by atoms with Crippen molar-refractivity contribution in [2.24, 2.45) is 11.8 Å². The maximum Gasteiger partial charge on any atom is 0.319 e. The molecule has 1 unspecified atom stereocenters. The van der Waals surface area contributed by atoms with Crippen LogP contribution in [0.5, 0.6) is 0 Å². The van der Waals surface area contributed by atoms with Crippen molar-refractivity contribution < 1.29 is 14.0 Å². The van der Waals surface area contributed by atoms with Gasteiger partial charge in [0.15, 0.2) is 5.78 Å². The SMILES string of the molecule is CC(=O)c1cccc(NC(=O)NCCCC2CNCC[C@H]2Cc2ccc(F)cc2)c1. The van der Waals surface area contributed by atoms with Crippen LogP contribution in [0.2, 0.25) is 0 Å². The molecule has 1 heterocycles. The van der Waals surface area contributed by atoms with E-state index in [1.54, 1.807) is 24.3 Å². The van der Waals surface area contributed by atoms with Crippen LogP contribution >= 0.6 is 0 Å². The van der Waals surface area contributed by atoms with E-state index >= 15 is 0 Å². The first kappa shape index (κ1) is 22.0. The molecule has 1 saturated heterocycles. The number of anilines is 1. The molecule has 1 fully saturated rings. The first-order chi connectivity index (χ1) is 14.5. The molecular formula is C24H30FN3O2. The van der Waals surface area contributed by atoms with Gasteiger partial charge in [-0.3, -0.25) is 4.79 Å². The van der Waals surface area contributed by atoms with Crippen molar-refractivity contribution in [3.63, 3.8) is 0 Å². The third-order valence-electron chi connectivity index (χ3n) is 5.74. The lowest BCUT2D eigenvalue weighted by Gasteiger charge is -2.32. The third-order valence-corrected chi connectivity index (χ3v) is 5.74. The quantitative estimate of drug-likeness (QED) is 0.445. The van der Waals surface area contributed by atoms with Gasteiger partial charge in [-0.25, -0.2) is 9.18 Å². The summed E-state index contributed by atoms with van der Waals surface area (Å²) in [6, 6.07) is 13.5. The molecule has 0 radical (unpaired) electrons. The van der Waals surface area contributed by atoms with Gasteiger partial charge < -0.3 is 16.0 Å². The van der Waals surface area contributed by atoms with E-state index in [9.17, 15) is 14.0 Å². The number of piperidine rings is 1. The smallest absolute Gasteiger partial charge is 0.319 e. The average Bonchev–Trinajstić information content (AvgIpc) is 2.74. The fraction of sp³-hybridized carbons (Fsp3) is 0.417. The van der Waals surface area contributed by atoms with Crippen LogP contribution in [0.15, 0.2) is 48.5 Å². The van der Waals surface area contributed by atoms with E-state index in [1.165, 1.54) is 24.6 Å². The van der Waals surface area contributed by atoms with E-state index in [1.807, 2.05) is 12.1 Å². The Kier molecular flexibility index (Phi) is 7.97. The number of Topliss-reactive ketones (excluding diaryl/α,β-unsaturated/α-hetero) is 1. The Balaban J connectivity index is 1.42. The Morgan fingerprint density at radius 2 is 1.93 bits per heavy atom. The van der Waals surface area contributed by atoms with Crippen molar-refractivity contribution in [2.75, 3.05) is 25.0 Å². The van der Waals surface area contributed by atoms with Gasteiger partial charge in [0.2, 0.25) is 0 Å². The van der Waals surface area contributed by atoms with Crippen LogP contribution < -0.4 is 16.0 Å². The number of carbonyl (C=O) groups is 2. The zero-order valence-corrected chi connectivity index (χ0v) is 17.4. The van der Waals surface area contributed by atoms with E-state index in [2.05, 4.69) is 16.0 Å². The summed E-state index contributed by atoms with van der Waals surface area (Å²) in [7, 11) is 0. The van der Waals surface area contributed by atoms with Gasteiger partial charge in [-0.05, 0) is 87.4 Å². The van der Waals surface area contributed by atoms with Crippen molar-refractivity contribution in [1.82, 2.24) is 10.6 Å². The molecule has 0 bridgehead atoms. The Bertz CT molecular complexity index is 854. The van der Waals surface area contributed by atoms with Gasteiger partial charge in [0, 0.05) is 17.8 Å². The summed E-state index contributed by atoms with van der Waals surface area (Å²) in [5.41, 5.74) is 2.36. The molecule has 0 saturated carbocycles. The largest absolute Gasteiger partial charge is 0.338 e. The van der Waals surface area contributed by atoms with Gasteiger partial charge in [-0.1, -0.05) is 24.3 Å². The van der Waals surface area contributed by atoms with E-state index in [4.69, 9.17) is 0 Å². The minimum Gasteiger partial charge on any atom is -0.338 e. The highest BCUT2D eigenvalue weighted by Gasteiger charge is 2.24. The average molecular weight is 412 g/mol. The maximum atomic E-state index is 13.1. The number of hydrogen-bond donors (Lipinski definition) is 3. The molecule has 6 heteroatoms. The minimum atomic E-state index is -0.264.